The van der Waals surface area contributed by atoms with Crippen LogP contribution in [0.1, 0.15) is 155 Å². The summed E-state index contributed by atoms with van der Waals surface area (Å²) in [4.78, 5) is 22.6. The molecule has 320 valence electrons. The van der Waals surface area contributed by atoms with Gasteiger partial charge in [0.2, 0.25) is 0 Å². The molecular formula is C43H78NO10P. The zero-order valence-corrected chi connectivity index (χ0v) is 35.1. The lowest BCUT2D eigenvalue weighted by molar-refractivity contribution is -0.153. The van der Waals surface area contributed by atoms with Gasteiger partial charge < -0.3 is 35.4 Å². The van der Waals surface area contributed by atoms with E-state index < -0.39 is 38.2 Å². The summed E-state index contributed by atoms with van der Waals surface area (Å²) in [5, 5.41) is 31.3. The predicted molar refractivity (Wildman–Crippen MR) is 221 cm³/mol. The maximum atomic E-state index is 12.7. The second-order valence-corrected chi connectivity index (χ2v) is 16.3. The van der Waals surface area contributed by atoms with E-state index in [1.54, 1.807) is 12.3 Å². The van der Waals surface area contributed by atoms with Crippen molar-refractivity contribution in [1.82, 2.24) is 0 Å². The van der Waals surface area contributed by atoms with Crippen LogP contribution in [0.3, 0.4) is 0 Å². The highest BCUT2D eigenvalue weighted by Gasteiger charge is 2.39. The number of rotatable bonds is 36. The Morgan fingerprint density at radius 2 is 1.38 bits per heavy atom. The maximum absolute atomic E-state index is 12.7. The molecular weight excluding hydrogens is 721 g/mol. The van der Waals surface area contributed by atoms with E-state index in [1.165, 1.54) is 57.8 Å². The Hall–Kier alpha value is -1.82. The van der Waals surface area contributed by atoms with Crippen molar-refractivity contribution >= 4 is 13.8 Å². The molecule has 7 atom stereocenters. The van der Waals surface area contributed by atoms with E-state index in [2.05, 4.69) is 26.0 Å². The smallest absolute Gasteiger partial charge is 0.472 e. The summed E-state index contributed by atoms with van der Waals surface area (Å²) in [6.45, 7) is 3.83. The average Bonchev–Trinajstić information content (AvgIpc) is 3.43. The van der Waals surface area contributed by atoms with Crippen molar-refractivity contribution in [3.8, 4) is 0 Å². The summed E-state index contributed by atoms with van der Waals surface area (Å²) in [6.07, 6.45) is 34.5. The fraction of sp³-hybridized carbons (Fsp3) is 0.791. The average molecular weight is 800 g/mol. The van der Waals surface area contributed by atoms with Crippen molar-refractivity contribution in [3.05, 3.63) is 48.8 Å². The zero-order valence-electron chi connectivity index (χ0n) is 34.2. The van der Waals surface area contributed by atoms with Gasteiger partial charge in [0.25, 0.3) is 0 Å². The third-order valence-corrected chi connectivity index (χ3v) is 10.8. The molecule has 1 fully saturated rings. The number of nitrogens with two attached hydrogens (primary N) is 1. The molecule has 0 bridgehead atoms. The lowest BCUT2D eigenvalue weighted by Crippen LogP contribution is -2.27. The first-order valence-electron chi connectivity index (χ1n) is 21.4. The number of hydrogen-bond acceptors (Lipinski definition) is 10. The van der Waals surface area contributed by atoms with Crippen LogP contribution < -0.4 is 5.73 Å². The van der Waals surface area contributed by atoms with Crippen molar-refractivity contribution in [1.29, 1.82) is 0 Å². The van der Waals surface area contributed by atoms with Gasteiger partial charge in [-0.1, -0.05) is 115 Å². The van der Waals surface area contributed by atoms with E-state index in [0.717, 1.165) is 44.9 Å². The molecule has 1 aliphatic carbocycles. The molecule has 55 heavy (non-hydrogen) atoms. The highest BCUT2D eigenvalue weighted by molar-refractivity contribution is 7.47. The first-order chi connectivity index (χ1) is 26.6. The normalized spacial score (nSPS) is 21.3. The SMILES string of the molecule is CCCCCCCC/C=C\CCCCCC/C=C/OC[C@H](COP(=O)(O)OCCN)OC(=O)CCC/C=C/C[C@@H]1[C@@H](/C=C/[C@@H](O)CCCCC)[C@H](O)C[C@@H]1O. The number of carbonyl (C=O) groups is 1. The van der Waals surface area contributed by atoms with Gasteiger partial charge in [0.05, 0.1) is 37.8 Å². The largest absolute Gasteiger partial charge is 0.498 e. The molecule has 0 radical (unpaired) electrons. The number of ether oxygens (including phenoxy) is 2. The number of aliphatic hydroxyl groups excluding tert-OH is 3. The van der Waals surface area contributed by atoms with Gasteiger partial charge in [0.15, 0.2) is 6.10 Å². The molecule has 1 unspecified atom stereocenters. The minimum absolute atomic E-state index is 0.0505. The second-order valence-electron chi connectivity index (χ2n) is 14.9. The van der Waals surface area contributed by atoms with Crippen LogP contribution in [0.25, 0.3) is 0 Å². The molecule has 0 saturated heterocycles. The van der Waals surface area contributed by atoms with Crippen molar-refractivity contribution in [2.75, 3.05) is 26.4 Å². The van der Waals surface area contributed by atoms with Crippen molar-refractivity contribution in [2.45, 2.75) is 180 Å². The number of allylic oxidation sites excluding steroid dienone is 5. The number of phosphoric ester groups is 1. The van der Waals surface area contributed by atoms with Crippen LogP contribution in [-0.4, -0.2) is 77.0 Å². The lowest BCUT2D eigenvalue weighted by Gasteiger charge is -2.20. The third kappa shape index (κ3) is 28.3. The highest BCUT2D eigenvalue weighted by atomic mass is 31.2. The summed E-state index contributed by atoms with van der Waals surface area (Å²) >= 11 is 0. The second kappa shape index (κ2) is 34.2. The summed E-state index contributed by atoms with van der Waals surface area (Å²) in [6, 6.07) is 0. The Labute approximate surface area is 333 Å². The molecule has 0 aromatic carbocycles. The molecule has 0 amide bonds. The Morgan fingerprint density at radius 1 is 0.782 bits per heavy atom. The minimum atomic E-state index is -4.36. The number of carbonyl (C=O) groups excluding carboxylic acids is 1. The van der Waals surface area contributed by atoms with E-state index >= 15 is 0 Å². The van der Waals surface area contributed by atoms with Gasteiger partial charge in [-0.3, -0.25) is 13.8 Å². The third-order valence-electron chi connectivity index (χ3n) is 9.85. The molecule has 0 spiro atoms. The standard InChI is InChI=1S/C43H78NO10P/c1-3-5-7-8-9-10-11-12-13-14-15-16-17-18-21-25-32-51-35-38(36-53-55(49,50)52-33-31-44)54-43(48)28-24-20-19-23-27-39-40(42(47)34-41(39)46)30-29-37(45)26-22-6-4-2/h12-13,19,23,25,29-30,32,37-42,45-47H,3-11,14-18,20-22,24,26-28,31,33-36,44H2,1-2H3,(H,49,50)/b13-12-,23-19+,30-29+,32-25+/t37-,38+,39+,40+,41-,42+/m0/s1. The Bertz CT molecular complexity index is 1100. The van der Waals surface area contributed by atoms with Gasteiger partial charge in [-0.2, -0.15) is 0 Å². The van der Waals surface area contributed by atoms with Crippen LogP contribution in [0.4, 0.5) is 0 Å². The molecule has 6 N–H and O–H groups in total. The topological polar surface area (TPSA) is 178 Å². The summed E-state index contributed by atoms with van der Waals surface area (Å²) < 4.78 is 33.1. The molecule has 1 aliphatic rings. The van der Waals surface area contributed by atoms with Crippen molar-refractivity contribution in [2.24, 2.45) is 17.6 Å². The van der Waals surface area contributed by atoms with Gasteiger partial charge in [0, 0.05) is 25.3 Å². The predicted octanol–water partition coefficient (Wildman–Crippen LogP) is 9.14. The molecule has 0 aliphatic heterocycles. The van der Waals surface area contributed by atoms with Crippen LogP contribution in [0, 0.1) is 11.8 Å². The molecule has 11 nitrogen and oxygen atoms in total. The van der Waals surface area contributed by atoms with Crippen molar-refractivity contribution in [3.63, 3.8) is 0 Å². The summed E-state index contributed by atoms with van der Waals surface area (Å²) in [7, 11) is -4.36. The molecule has 0 heterocycles. The van der Waals surface area contributed by atoms with E-state index in [9.17, 15) is 29.6 Å². The molecule has 0 aromatic rings. The van der Waals surface area contributed by atoms with Gasteiger partial charge in [0.1, 0.15) is 6.61 Å². The van der Waals surface area contributed by atoms with E-state index in [-0.39, 0.29) is 44.6 Å². The first kappa shape index (κ1) is 51.2. The van der Waals surface area contributed by atoms with Gasteiger partial charge in [-0.25, -0.2) is 4.57 Å². The fourth-order valence-electron chi connectivity index (χ4n) is 6.60. The zero-order chi connectivity index (χ0) is 40.4. The number of phosphoric acid groups is 1. The van der Waals surface area contributed by atoms with Crippen LogP contribution in [0.15, 0.2) is 48.8 Å². The van der Waals surface area contributed by atoms with Crippen LogP contribution in [-0.2, 0) is 27.9 Å². The Balaban J connectivity index is 2.41. The quantitative estimate of drug-likeness (QED) is 0.0134. The first-order valence-corrected chi connectivity index (χ1v) is 22.9. The maximum Gasteiger partial charge on any atom is 0.472 e. The summed E-state index contributed by atoms with van der Waals surface area (Å²) in [5.41, 5.74) is 5.35. The Morgan fingerprint density at radius 3 is 2.05 bits per heavy atom. The molecule has 12 heteroatoms. The van der Waals surface area contributed by atoms with Crippen molar-refractivity contribution < 1.29 is 48.1 Å². The summed E-state index contributed by atoms with van der Waals surface area (Å²) in [5.74, 6) is -0.874. The number of aliphatic hydroxyl groups is 3. The van der Waals surface area contributed by atoms with Crippen LogP contribution in [0.5, 0.6) is 0 Å². The van der Waals surface area contributed by atoms with Crippen LogP contribution >= 0.6 is 7.82 Å². The fourth-order valence-corrected chi connectivity index (χ4v) is 7.36. The van der Waals surface area contributed by atoms with Crippen LogP contribution in [0.2, 0.25) is 0 Å². The Kier molecular flexibility index (Phi) is 31.9. The van der Waals surface area contributed by atoms with E-state index in [1.807, 2.05) is 24.3 Å². The monoisotopic (exact) mass is 800 g/mol. The van der Waals surface area contributed by atoms with Gasteiger partial charge in [-0.15, -0.1) is 0 Å². The minimum Gasteiger partial charge on any atom is -0.498 e. The highest BCUT2D eigenvalue weighted by Crippen LogP contribution is 2.43. The number of hydrogen-bond donors (Lipinski definition) is 5. The molecule has 1 saturated carbocycles. The van der Waals surface area contributed by atoms with Gasteiger partial charge >= 0.3 is 13.8 Å². The molecule has 1 rings (SSSR count). The molecule has 0 aromatic heterocycles. The van der Waals surface area contributed by atoms with E-state index in [4.69, 9.17) is 24.3 Å². The van der Waals surface area contributed by atoms with Gasteiger partial charge in [-0.05, 0) is 76.2 Å². The number of esters is 1. The lowest BCUT2D eigenvalue weighted by atomic mass is 9.89. The van der Waals surface area contributed by atoms with E-state index in [0.29, 0.717) is 32.1 Å². The number of unbranched alkanes of at least 4 members (excludes halogenated alkanes) is 14.